The van der Waals surface area contributed by atoms with E-state index in [1.165, 1.54) is 0 Å². The molecule has 0 heterocycles. The highest BCUT2D eigenvalue weighted by atomic mass is 35.5. The number of hydrogen-bond acceptors (Lipinski definition) is 3. The number of rotatable bonds is 6. The SMILES string of the molecule is COc1ccc(CC(N)Cc2cccc(Cl)c2)cc1OC. The fourth-order valence-electron chi connectivity index (χ4n) is 2.35. The van der Waals surface area contributed by atoms with Gasteiger partial charge in [-0.25, -0.2) is 0 Å². The molecule has 2 aromatic rings. The van der Waals surface area contributed by atoms with E-state index in [2.05, 4.69) is 0 Å². The van der Waals surface area contributed by atoms with Crippen LogP contribution in [0, 0.1) is 0 Å². The first-order valence-electron chi connectivity index (χ1n) is 6.83. The minimum absolute atomic E-state index is 0.0292. The van der Waals surface area contributed by atoms with Crippen molar-refractivity contribution in [3.05, 3.63) is 58.6 Å². The van der Waals surface area contributed by atoms with E-state index in [-0.39, 0.29) is 6.04 Å². The van der Waals surface area contributed by atoms with E-state index < -0.39 is 0 Å². The highest BCUT2D eigenvalue weighted by molar-refractivity contribution is 6.30. The first kappa shape index (κ1) is 15.7. The summed E-state index contributed by atoms with van der Waals surface area (Å²) in [6, 6.07) is 13.7. The lowest BCUT2D eigenvalue weighted by Crippen LogP contribution is -2.25. The first-order valence-corrected chi connectivity index (χ1v) is 7.21. The van der Waals surface area contributed by atoms with Gasteiger partial charge in [-0.1, -0.05) is 29.8 Å². The summed E-state index contributed by atoms with van der Waals surface area (Å²) in [5.74, 6) is 1.45. The molecule has 0 fully saturated rings. The van der Waals surface area contributed by atoms with Crippen molar-refractivity contribution in [1.82, 2.24) is 0 Å². The molecule has 0 aliphatic rings. The van der Waals surface area contributed by atoms with E-state index in [1.807, 2.05) is 42.5 Å². The molecular formula is C17H20ClNO2. The Bertz CT molecular complexity index is 601. The van der Waals surface area contributed by atoms with Crippen LogP contribution in [0.25, 0.3) is 0 Å². The largest absolute Gasteiger partial charge is 0.493 e. The summed E-state index contributed by atoms with van der Waals surface area (Å²) in [4.78, 5) is 0. The maximum absolute atomic E-state index is 6.23. The van der Waals surface area contributed by atoms with Crippen molar-refractivity contribution in [1.29, 1.82) is 0 Å². The van der Waals surface area contributed by atoms with Gasteiger partial charge in [-0.2, -0.15) is 0 Å². The Balaban J connectivity index is 2.04. The fraction of sp³-hybridized carbons (Fsp3) is 0.294. The van der Waals surface area contributed by atoms with Crippen molar-refractivity contribution >= 4 is 11.6 Å². The Hall–Kier alpha value is -1.71. The number of hydrogen-bond donors (Lipinski definition) is 1. The Morgan fingerprint density at radius 2 is 1.62 bits per heavy atom. The predicted molar refractivity (Wildman–Crippen MR) is 86.4 cm³/mol. The second-order valence-electron chi connectivity index (χ2n) is 4.99. The summed E-state index contributed by atoms with van der Waals surface area (Å²) in [6.45, 7) is 0. The minimum atomic E-state index is 0.0292. The highest BCUT2D eigenvalue weighted by Gasteiger charge is 2.09. The van der Waals surface area contributed by atoms with Crippen molar-refractivity contribution in [2.24, 2.45) is 5.73 Å². The van der Waals surface area contributed by atoms with Crippen molar-refractivity contribution in [3.63, 3.8) is 0 Å². The highest BCUT2D eigenvalue weighted by Crippen LogP contribution is 2.28. The quantitative estimate of drug-likeness (QED) is 0.889. The van der Waals surface area contributed by atoms with Gasteiger partial charge in [-0.05, 0) is 48.2 Å². The topological polar surface area (TPSA) is 44.5 Å². The molecule has 1 unspecified atom stereocenters. The molecular weight excluding hydrogens is 286 g/mol. The maximum atomic E-state index is 6.23. The molecule has 21 heavy (non-hydrogen) atoms. The zero-order valence-electron chi connectivity index (χ0n) is 12.3. The van der Waals surface area contributed by atoms with Gasteiger partial charge in [0.2, 0.25) is 0 Å². The van der Waals surface area contributed by atoms with Gasteiger partial charge >= 0.3 is 0 Å². The zero-order valence-corrected chi connectivity index (χ0v) is 13.1. The molecule has 112 valence electrons. The van der Waals surface area contributed by atoms with E-state index in [9.17, 15) is 0 Å². The second kappa shape index (κ2) is 7.34. The summed E-state index contributed by atoms with van der Waals surface area (Å²) in [5.41, 5.74) is 8.51. The van der Waals surface area contributed by atoms with Gasteiger partial charge in [0.15, 0.2) is 11.5 Å². The number of methoxy groups -OCH3 is 2. The summed E-state index contributed by atoms with van der Waals surface area (Å²) in [5, 5.41) is 0.741. The van der Waals surface area contributed by atoms with Crippen molar-refractivity contribution in [3.8, 4) is 11.5 Å². The molecule has 0 radical (unpaired) electrons. The molecule has 1 atom stereocenters. The van der Waals surface area contributed by atoms with E-state index in [4.69, 9.17) is 26.8 Å². The van der Waals surface area contributed by atoms with Gasteiger partial charge < -0.3 is 15.2 Å². The lowest BCUT2D eigenvalue weighted by molar-refractivity contribution is 0.354. The lowest BCUT2D eigenvalue weighted by atomic mass is 9.99. The maximum Gasteiger partial charge on any atom is 0.160 e. The molecule has 2 aromatic carbocycles. The molecule has 3 nitrogen and oxygen atoms in total. The van der Waals surface area contributed by atoms with Crippen LogP contribution in [0.4, 0.5) is 0 Å². The summed E-state index contributed by atoms with van der Waals surface area (Å²) >= 11 is 5.99. The molecule has 0 saturated heterocycles. The molecule has 0 aliphatic heterocycles. The first-order chi connectivity index (χ1) is 10.1. The summed E-state index contributed by atoms with van der Waals surface area (Å²) < 4.78 is 10.5. The Morgan fingerprint density at radius 3 is 2.24 bits per heavy atom. The van der Waals surface area contributed by atoms with Crippen molar-refractivity contribution in [2.75, 3.05) is 14.2 Å². The number of nitrogens with two attached hydrogens (primary N) is 1. The van der Waals surface area contributed by atoms with Crippen molar-refractivity contribution < 1.29 is 9.47 Å². The van der Waals surface area contributed by atoms with E-state index >= 15 is 0 Å². The van der Waals surface area contributed by atoms with Gasteiger partial charge in [-0.3, -0.25) is 0 Å². The third-order valence-corrected chi connectivity index (χ3v) is 3.57. The van der Waals surface area contributed by atoms with E-state index in [0.717, 1.165) is 40.5 Å². The summed E-state index contributed by atoms with van der Waals surface area (Å²) in [6.07, 6.45) is 1.56. The number of halogens is 1. The Labute approximate surface area is 130 Å². The fourth-order valence-corrected chi connectivity index (χ4v) is 2.56. The molecule has 0 aromatic heterocycles. The van der Waals surface area contributed by atoms with E-state index in [0.29, 0.717) is 0 Å². The molecule has 0 spiro atoms. The van der Waals surface area contributed by atoms with Gasteiger partial charge in [0.25, 0.3) is 0 Å². The van der Waals surface area contributed by atoms with E-state index in [1.54, 1.807) is 14.2 Å². The van der Waals surface area contributed by atoms with Gasteiger partial charge in [0.05, 0.1) is 14.2 Å². The zero-order chi connectivity index (χ0) is 15.2. The molecule has 0 aliphatic carbocycles. The smallest absolute Gasteiger partial charge is 0.160 e. The normalized spacial score (nSPS) is 12.0. The standard InChI is InChI=1S/C17H20ClNO2/c1-20-16-7-6-13(11-17(16)21-2)10-15(19)9-12-4-3-5-14(18)8-12/h3-8,11,15H,9-10,19H2,1-2H3. The predicted octanol–water partition coefficient (Wildman–Crippen LogP) is 3.47. The molecule has 2 N–H and O–H groups in total. The molecule has 0 saturated carbocycles. The van der Waals surface area contributed by atoms with Crippen LogP contribution in [0.15, 0.2) is 42.5 Å². The lowest BCUT2D eigenvalue weighted by Gasteiger charge is -2.14. The van der Waals surface area contributed by atoms with Crippen LogP contribution in [0.3, 0.4) is 0 Å². The second-order valence-corrected chi connectivity index (χ2v) is 5.42. The Kier molecular flexibility index (Phi) is 5.48. The number of benzene rings is 2. The third-order valence-electron chi connectivity index (χ3n) is 3.33. The van der Waals surface area contributed by atoms with Gasteiger partial charge in [-0.15, -0.1) is 0 Å². The van der Waals surface area contributed by atoms with Crippen LogP contribution in [0.1, 0.15) is 11.1 Å². The number of ether oxygens (including phenoxy) is 2. The van der Waals surface area contributed by atoms with Crippen LogP contribution in [0.2, 0.25) is 5.02 Å². The minimum Gasteiger partial charge on any atom is -0.493 e. The van der Waals surface area contributed by atoms with Crippen LogP contribution >= 0.6 is 11.6 Å². The van der Waals surface area contributed by atoms with Crippen LogP contribution < -0.4 is 15.2 Å². The average molecular weight is 306 g/mol. The molecule has 0 bridgehead atoms. The molecule has 2 rings (SSSR count). The third kappa shape index (κ3) is 4.38. The summed E-state index contributed by atoms with van der Waals surface area (Å²) in [7, 11) is 3.26. The Morgan fingerprint density at radius 1 is 0.952 bits per heavy atom. The molecule has 0 amide bonds. The molecule has 4 heteroatoms. The van der Waals surface area contributed by atoms with Gasteiger partial charge in [0, 0.05) is 11.1 Å². The monoisotopic (exact) mass is 305 g/mol. The van der Waals surface area contributed by atoms with Crippen LogP contribution in [-0.2, 0) is 12.8 Å². The van der Waals surface area contributed by atoms with Gasteiger partial charge in [0.1, 0.15) is 0 Å². The average Bonchev–Trinajstić information content (AvgIpc) is 2.47. The van der Waals surface area contributed by atoms with Crippen LogP contribution in [-0.4, -0.2) is 20.3 Å². The van der Waals surface area contributed by atoms with Crippen molar-refractivity contribution in [2.45, 2.75) is 18.9 Å². The van der Waals surface area contributed by atoms with Crippen LogP contribution in [0.5, 0.6) is 11.5 Å².